The zero-order valence-electron chi connectivity index (χ0n) is 10.9. The molecule has 0 aliphatic heterocycles. The SMILES string of the molecule is CNC1CCCC1Oc1cccc(N(C)C)c1. The van der Waals surface area contributed by atoms with E-state index >= 15 is 0 Å². The first-order valence-electron chi connectivity index (χ1n) is 6.32. The van der Waals surface area contributed by atoms with E-state index in [1.165, 1.54) is 18.5 Å². The third-order valence-corrected chi connectivity index (χ3v) is 3.44. The molecule has 2 rings (SSSR count). The monoisotopic (exact) mass is 234 g/mol. The van der Waals surface area contributed by atoms with Crippen molar-refractivity contribution in [3.63, 3.8) is 0 Å². The molecule has 1 aliphatic carbocycles. The Morgan fingerprint density at radius 2 is 2.12 bits per heavy atom. The third-order valence-electron chi connectivity index (χ3n) is 3.44. The molecule has 1 saturated carbocycles. The Hall–Kier alpha value is -1.22. The van der Waals surface area contributed by atoms with Gasteiger partial charge in [0.15, 0.2) is 0 Å². The fraction of sp³-hybridized carbons (Fsp3) is 0.571. The Kier molecular flexibility index (Phi) is 3.89. The predicted octanol–water partition coefficient (Wildman–Crippen LogP) is 2.27. The molecule has 2 unspecified atom stereocenters. The van der Waals surface area contributed by atoms with E-state index in [1.807, 2.05) is 33.3 Å². The molecule has 3 heteroatoms. The van der Waals surface area contributed by atoms with Crippen LogP contribution in [0.3, 0.4) is 0 Å². The largest absolute Gasteiger partial charge is 0.489 e. The Morgan fingerprint density at radius 3 is 2.82 bits per heavy atom. The van der Waals surface area contributed by atoms with Crippen LogP contribution in [0.2, 0.25) is 0 Å². The number of anilines is 1. The van der Waals surface area contributed by atoms with Crippen LogP contribution in [0.5, 0.6) is 5.75 Å². The first kappa shape index (κ1) is 12.2. The molecule has 1 aliphatic rings. The summed E-state index contributed by atoms with van der Waals surface area (Å²) in [6.07, 6.45) is 3.94. The highest BCUT2D eigenvalue weighted by molar-refractivity contribution is 5.49. The van der Waals surface area contributed by atoms with Gasteiger partial charge in [-0.1, -0.05) is 6.07 Å². The summed E-state index contributed by atoms with van der Waals surface area (Å²) in [5.74, 6) is 0.975. The number of nitrogens with one attached hydrogen (secondary N) is 1. The Bertz CT molecular complexity index is 365. The molecule has 0 aromatic heterocycles. The molecule has 1 fully saturated rings. The van der Waals surface area contributed by atoms with Gasteiger partial charge >= 0.3 is 0 Å². The lowest BCUT2D eigenvalue weighted by atomic mass is 10.2. The Morgan fingerprint density at radius 1 is 1.29 bits per heavy atom. The van der Waals surface area contributed by atoms with E-state index in [1.54, 1.807) is 0 Å². The summed E-state index contributed by atoms with van der Waals surface area (Å²) < 4.78 is 6.08. The van der Waals surface area contributed by atoms with Crippen LogP contribution in [0.25, 0.3) is 0 Å². The fourth-order valence-corrected chi connectivity index (χ4v) is 2.41. The second-order valence-electron chi connectivity index (χ2n) is 4.87. The van der Waals surface area contributed by atoms with Crippen molar-refractivity contribution >= 4 is 5.69 Å². The lowest BCUT2D eigenvalue weighted by molar-refractivity contribution is 0.179. The van der Waals surface area contributed by atoms with Gasteiger partial charge in [0.2, 0.25) is 0 Å². The zero-order chi connectivity index (χ0) is 12.3. The van der Waals surface area contributed by atoms with E-state index in [9.17, 15) is 0 Å². The standard InChI is InChI=1S/C14H22N2O/c1-15-13-8-5-9-14(13)17-12-7-4-6-11(10-12)16(2)3/h4,6-7,10,13-15H,5,8-9H2,1-3H3. The molecule has 0 bridgehead atoms. The molecule has 0 saturated heterocycles. The summed E-state index contributed by atoms with van der Waals surface area (Å²) >= 11 is 0. The zero-order valence-corrected chi connectivity index (χ0v) is 10.9. The van der Waals surface area contributed by atoms with Crippen molar-refractivity contribution in [3.05, 3.63) is 24.3 Å². The van der Waals surface area contributed by atoms with Crippen molar-refractivity contribution < 1.29 is 4.74 Å². The summed E-state index contributed by atoms with van der Waals surface area (Å²) in [7, 11) is 6.11. The van der Waals surface area contributed by atoms with Crippen LogP contribution in [0.4, 0.5) is 5.69 Å². The van der Waals surface area contributed by atoms with Crippen molar-refractivity contribution in [1.29, 1.82) is 0 Å². The van der Waals surface area contributed by atoms with E-state index in [2.05, 4.69) is 22.3 Å². The number of hydrogen-bond acceptors (Lipinski definition) is 3. The van der Waals surface area contributed by atoms with Gasteiger partial charge in [0, 0.05) is 31.9 Å². The van der Waals surface area contributed by atoms with Gasteiger partial charge in [-0.3, -0.25) is 0 Å². The van der Waals surface area contributed by atoms with Gasteiger partial charge in [-0.05, 0) is 38.4 Å². The van der Waals surface area contributed by atoms with E-state index in [0.717, 1.165) is 12.2 Å². The molecule has 3 nitrogen and oxygen atoms in total. The lowest BCUT2D eigenvalue weighted by Crippen LogP contribution is -2.36. The third kappa shape index (κ3) is 2.91. The van der Waals surface area contributed by atoms with Gasteiger partial charge < -0.3 is 15.0 Å². The van der Waals surface area contributed by atoms with Crippen molar-refractivity contribution in [2.24, 2.45) is 0 Å². The molecule has 0 spiro atoms. The highest BCUT2D eigenvalue weighted by atomic mass is 16.5. The molecule has 2 atom stereocenters. The maximum absolute atomic E-state index is 6.08. The number of rotatable bonds is 4. The van der Waals surface area contributed by atoms with Crippen LogP contribution in [0.1, 0.15) is 19.3 Å². The van der Waals surface area contributed by atoms with E-state index < -0.39 is 0 Å². The van der Waals surface area contributed by atoms with Crippen LogP contribution >= 0.6 is 0 Å². The number of ether oxygens (including phenoxy) is 1. The average Bonchev–Trinajstić information content (AvgIpc) is 2.76. The topological polar surface area (TPSA) is 24.5 Å². The van der Waals surface area contributed by atoms with Crippen LogP contribution < -0.4 is 15.0 Å². The summed E-state index contributed by atoms with van der Waals surface area (Å²) in [4.78, 5) is 2.09. The Labute approximate surface area is 104 Å². The molecule has 0 amide bonds. The fourth-order valence-electron chi connectivity index (χ4n) is 2.41. The van der Waals surface area contributed by atoms with Gasteiger partial charge in [0.25, 0.3) is 0 Å². The minimum atomic E-state index is 0.317. The van der Waals surface area contributed by atoms with Crippen molar-refractivity contribution in [2.45, 2.75) is 31.4 Å². The first-order valence-corrected chi connectivity index (χ1v) is 6.32. The highest BCUT2D eigenvalue weighted by Crippen LogP contribution is 2.26. The summed E-state index contributed by atoms with van der Waals surface area (Å²) in [6, 6.07) is 8.78. The summed E-state index contributed by atoms with van der Waals surface area (Å²) in [5, 5.41) is 3.34. The quantitative estimate of drug-likeness (QED) is 0.865. The Balaban J connectivity index is 2.05. The molecule has 17 heavy (non-hydrogen) atoms. The second-order valence-corrected chi connectivity index (χ2v) is 4.87. The second kappa shape index (κ2) is 5.41. The van der Waals surface area contributed by atoms with Gasteiger partial charge in [-0.2, -0.15) is 0 Å². The molecule has 0 radical (unpaired) electrons. The van der Waals surface area contributed by atoms with Crippen LogP contribution in [0.15, 0.2) is 24.3 Å². The van der Waals surface area contributed by atoms with Crippen molar-refractivity contribution in [3.8, 4) is 5.75 Å². The molecule has 1 aromatic rings. The molecule has 0 heterocycles. The number of benzene rings is 1. The lowest BCUT2D eigenvalue weighted by Gasteiger charge is -2.21. The number of hydrogen-bond donors (Lipinski definition) is 1. The predicted molar refractivity (Wildman–Crippen MR) is 71.9 cm³/mol. The first-order chi connectivity index (χ1) is 8.20. The molecular formula is C14H22N2O. The number of nitrogens with zero attached hydrogens (tertiary/aromatic N) is 1. The smallest absolute Gasteiger partial charge is 0.121 e. The number of likely N-dealkylation sites (N-methyl/N-ethyl adjacent to an activating group) is 1. The highest BCUT2D eigenvalue weighted by Gasteiger charge is 2.27. The molecule has 1 N–H and O–H groups in total. The maximum Gasteiger partial charge on any atom is 0.121 e. The van der Waals surface area contributed by atoms with Gasteiger partial charge in [0.1, 0.15) is 11.9 Å². The molecule has 1 aromatic carbocycles. The molecule has 94 valence electrons. The van der Waals surface area contributed by atoms with Gasteiger partial charge in [-0.15, -0.1) is 0 Å². The van der Waals surface area contributed by atoms with Crippen LogP contribution in [0, 0.1) is 0 Å². The van der Waals surface area contributed by atoms with Gasteiger partial charge in [-0.25, -0.2) is 0 Å². The van der Waals surface area contributed by atoms with Crippen molar-refractivity contribution in [1.82, 2.24) is 5.32 Å². The van der Waals surface area contributed by atoms with E-state index in [4.69, 9.17) is 4.74 Å². The summed E-state index contributed by atoms with van der Waals surface area (Å²) in [5.41, 5.74) is 1.18. The van der Waals surface area contributed by atoms with E-state index in [0.29, 0.717) is 12.1 Å². The minimum absolute atomic E-state index is 0.317. The molecular weight excluding hydrogens is 212 g/mol. The van der Waals surface area contributed by atoms with Gasteiger partial charge in [0.05, 0.1) is 0 Å². The van der Waals surface area contributed by atoms with Crippen LogP contribution in [-0.4, -0.2) is 33.3 Å². The van der Waals surface area contributed by atoms with Crippen LogP contribution in [-0.2, 0) is 0 Å². The maximum atomic E-state index is 6.08. The minimum Gasteiger partial charge on any atom is -0.489 e. The van der Waals surface area contributed by atoms with E-state index in [-0.39, 0.29) is 0 Å². The van der Waals surface area contributed by atoms with Crippen molar-refractivity contribution in [2.75, 3.05) is 26.0 Å². The summed E-state index contributed by atoms with van der Waals surface area (Å²) in [6.45, 7) is 0. The normalized spacial score (nSPS) is 23.7. The average molecular weight is 234 g/mol.